The molecule has 10 heteroatoms. The second-order valence-corrected chi connectivity index (χ2v) is 11.5. The van der Waals surface area contributed by atoms with E-state index in [2.05, 4.69) is 5.32 Å². The van der Waals surface area contributed by atoms with Gasteiger partial charge in [0.1, 0.15) is 23.0 Å². The molecule has 0 bridgehead atoms. The van der Waals surface area contributed by atoms with Crippen molar-refractivity contribution < 1.29 is 37.0 Å². The quantitative estimate of drug-likeness (QED) is 0.164. The number of hydrogen-bond acceptors (Lipinski definition) is 9. The number of para-hydroxylation sites is 1. The van der Waals surface area contributed by atoms with Crippen LogP contribution in [-0.4, -0.2) is 53.3 Å². The smallest absolute Gasteiger partial charge is 0.346 e. The summed E-state index contributed by atoms with van der Waals surface area (Å²) in [7, 11) is 3.51. The van der Waals surface area contributed by atoms with E-state index in [-0.39, 0.29) is 6.42 Å². The minimum absolute atomic E-state index is 0.278. The van der Waals surface area contributed by atoms with Gasteiger partial charge in [-0.25, -0.2) is 0 Å². The van der Waals surface area contributed by atoms with E-state index in [1.807, 2.05) is 60.7 Å². The number of hydrogen-bond donors (Lipinski definition) is 1. The van der Waals surface area contributed by atoms with Crippen molar-refractivity contribution in [3.63, 3.8) is 0 Å². The summed E-state index contributed by atoms with van der Waals surface area (Å²) >= 11 is 0. The third kappa shape index (κ3) is 6.28. The fourth-order valence-corrected chi connectivity index (χ4v) is 6.18. The molecule has 0 radical (unpaired) electrons. The van der Waals surface area contributed by atoms with Crippen LogP contribution >= 0.6 is 7.60 Å². The molecule has 4 aromatic rings. The maximum absolute atomic E-state index is 13.5. The molecular weight excluding hydrogens is 521 g/mol. The van der Waals surface area contributed by atoms with Crippen LogP contribution in [0, 0.1) is 0 Å². The lowest BCUT2D eigenvalue weighted by Gasteiger charge is -2.29. The highest BCUT2D eigenvalue weighted by atomic mass is 31.2. The first-order valence-corrected chi connectivity index (χ1v) is 14.1. The van der Waals surface area contributed by atoms with E-state index >= 15 is 0 Å². The Labute approximate surface area is 227 Å². The first-order chi connectivity index (χ1) is 18.8. The number of nitrogens with one attached hydrogen (secondary N) is 1. The highest BCUT2D eigenvalue weighted by Gasteiger charge is 2.37. The van der Waals surface area contributed by atoms with Crippen molar-refractivity contribution in [1.29, 1.82) is 0 Å². The lowest BCUT2D eigenvalue weighted by atomic mass is 10.0. The molecule has 3 aromatic carbocycles. The molecule has 0 saturated heterocycles. The predicted molar refractivity (Wildman–Crippen MR) is 150 cm³/mol. The number of aryl methyl sites for hydroxylation is 1. The van der Waals surface area contributed by atoms with Crippen LogP contribution in [0.3, 0.4) is 0 Å². The second kappa shape index (κ2) is 12.7. The summed E-state index contributed by atoms with van der Waals surface area (Å²) in [5, 5.41) is 5.24. The van der Waals surface area contributed by atoms with Crippen LogP contribution in [0.1, 0.15) is 17.5 Å². The molecule has 39 heavy (non-hydrogen) atoms. The normalized spacial score (nSPS) is 13.4. The van der Waals surface area contributed by atoms with Gasteiger partial charge < -0.3 is 27.7 Å². The molecule has 0 unspecified atom stereocenters. The Balaban J connectivity index is 1.59. The summed E-state index contributed by atoms with van der Waals surface area (Å²) in [5.41, 5.74) is 3.31. The summed E-state index contributed by atoms with van der Waals surface area (Å²) < 4.78 is 46.0. The van der Waals surface area contributed by atoms with Crippen LogP contribution in [0.4, 0.5) is 0 Å². The van der Waals surface area contributed by atoms with Gasteiger partial charge in [0.2, 0.25) is 0 Å². The predicted octanol–water partition coefficient (Wildman–Crippen LogP) is 5.72. The van der Waals surface area contributed by atoms with Gasteiger partial charge in [0.05, 0.1) is 21.3 Å². The number of carbonyl (C=O) groups excluding carboxylic acids is 1. The molecule has 9 nitrogen and oxygen atoms in total. The molecule has 0 spiro atoms. The van der Waals surface area contributed by atoms with Gasteiger partial charge in [0, 0.05) is 25.0 Å². The fraction of sp³-hybridized carbons (Fsp3) is 0.345. The average molecular weight is 556 g/mol. The van der Waals surface area contributed by atoms with E-state index < -0.39 is 25.4 Å². The molecule has 1 aromatic heterocycles. The minimum atomic E-state index is -3.62. The zero-order valence-electron chi connectivity index (χ0n) is 22.8. The van der Waals surface area contributed by atoms with E-state index in [9.17, 15) is 9.36 Å². The van der Waals surface area contributed by atoms with Crippen molar-refractivity contribution >= 4 is 35.5 Å². The number of rotatable bonds is 13. The summed E-state index contributed by atoms with van der Waals surface area (Å²) in [6, 6.07) is 18.4. The van der Waals surface area contributed by atoms with E-state index in [1.54, 1.807) is 14.2 Å². The summed E-state index contributed by atoms with van der Waals surface area (Å²) in [6.07, 6.45) is 1.14. The van der Waals surface area contributed by atoms with Gasteiger partial charge >= 0.3 is 13.6 Å². The van der Waals surface area contributed by atoms with Gasteiger partial charge in [0.25, 0.3) is 0 Å². The summed E-state index contributed by atoms with van der Waals surface area (Å²) in [5.74, 6) is -0.0775. The summed E-state index contributed by atoms with van der Waals surface area (Å²) in [6.45, 7) is 0. The van der Waals surface area contributed by atoms with Crippen molar-refractivity contribution in [3.8, 4) is 11.5 Å². The third-order valence-electron chi connectivity index (χ3n) is 6.81. The highest BCUT2D eigenvalue weighted by Crippen LogP contribution is 2.52. The molecular formula is C29H34NO8P. The monoisotopic (exact) mass is 555 g/mol. The van der Waals surface area contributed by atoms with Crippen LogP contribution in [0.5, 0.6) is 11.5 Å². The van der Waals surface area contributed by atoms with Gasteiger partial charge in [-0.2, -0.15) is 0 Å². The standard InChI is InChI=1S/C29H34NO8P/c1-33-25-14-11-19(17-27(25)34-2)12-15-28(39(32,36-4)37-5)30-23(29(31)35-3)16-20-10-13-22-21-8-6-7-9-24(21)38-26(22)18-20/h6-11,13-14,17-18,23,28,30H,12,15-16H2,1-5H3/t23-,28+/m0/s1. The molecule has 0 aliphatic heterocycles. The molecule has 0 amide bonds. The van der Waals surface area contributed by atoms with E-state index in [4.69, 9.17) is 27.7 Å². The van der Waals surface area contributed by atoms with Gasteiger partial charge in [0.15, 0.2) is 11.5 Å². The van der Waals surface area contributed by atoms with E-state index in [1.165, 1.54) is 21.3 Å². The number of methoxy groups -OCH3 is 3. The molecule has 4 rings (SSSR count). The van der Waals surface area contributed by atoms with Crippen LogP contribution in [0.2, 0.25) is 0 Å². The zero-order chi connectivity index (χ0) is 28.0. The third-order valence-corrected chi connectivity index (χ3v) is 9.00. The Bertz CT molecular complexity index is 1470. The number of carbonyl (C=O) groups is 1. The molecule has 1 heterocycles. The van der Waals surface area contributed by atoms with Crippen LogP contribution in [-0.2, 0) is 36.0 Å². The van der Waals surface area contributed by atoms with Crippen LogP contribution < -0.4 is 14.8 Å². The Hall–Kier alpha value is -3.36. The average Bonchev–Trinajstić information content (AvgIpc) is 3.35. The number of furan rings is 1. The maximum atomic E-state index is 13.5. The Morgan fingerprint density at radius 2 is 1.54 bits per heavy atom. The Morgan fingerprint density at radius 3 is 2.23 bits per heavy atom. The van der Waals surface area contributed by atoms with E-state index in [0.717, 1.165) is 33.1 Å². The molecule has 0 aliphatic rings. The lowest BCUT2D eigenvalue weighted by Crippen LogP contribution is -2.45. The molecule has 0 saturated carbocycles. The first-order valence-electron chi connectivity index (χ1n) is 12.5. The highest BCUT2D eigenvalue weighted by molar-refractivity contribution is 7.54. The second-order valence-electron chi connectivity index (χ2n) is 9.02. The molecule has 1 N–H and O–H groups in total. The summed E-state index contributed by atoms with van der Waals surface area (Å²) in [4.78, 5) is 12.9. The number of esters is 1. The lowest BCUT2D eigenvalue weighted by molar-refractivity contribution is -0.143. The maximum Gasteiger partial charge on any atom is 0.346 e. The van der Waals surface area contributed by atoms with Crippen LogP contribution in [0.25, 0.3) is 21.9 Å². The Kier molecular flexibility index (Phi) is 9.30. The molecule has 2 atom stereocenters. The first kappa shape index (κ1) is 28.6. The van der Waals surface area contributed by atoms with Crippen molar-refractivity contribution in [2.24, 2.45) is 0 Å². The molecule has 0 fully saturated rings. The van der Waals surface area contributed by atoms with Gasteiger partial charge in [-0.3, -0.25) is 14.7 Å². The van der Waals surface area contributed by atoms with Gasteiger partial charge in [-0.1, -0.05) is 36.4 Å². The SMILES string of the molecule is COC(=O)[C@H](Cc1ccc2c(c1)oc1ccccc12)N[C@@H](CCc1ccc(OC)c(OC)c1)P(=O)(OC)OC. The van der Waals surface area contributed by atoms with Crippen molar-refractivity contribution in [2.75, 3.05) is 35.5 Å². The fourth-order valence-electron chi connectivity index (χ4n) is 4.72. The molecule has 0 aliphatic carbocycles. The van der Waals surface area contributed by atoms with Crippen molar-refractivity contribution in [1.82, 2.24) is 5.32 Å². The van der Waals surface area contributed by atoms with Gasteiger partial charge in [-0.05, 0) is 54.7 Å². The largest absolute Gasteiger partial charge is 0.493 e. The Morgan fingerprint density at radius 1 is 0.846 bits per heavy atom. The van der Waals surface area contributed by atoms with Crippen molar-refractivity contribution in [3.05, 3.63) is 71.8 Å². The topological polar surface area (TPSA) is 105 Å². The minimum Gasteiger partial charge on any atom is -0.493 e. The zero-order valence-corrected chi connectivity index (χ0v) is 23.7. The van der Waals surface area contributed by atoms with Crippen molar-refractivity contribution in [2.45, 2.75) is 31.1 Å². The van der Waals surface area contributed by atoms with E-state index in [0.29, 0.717) is 24.3 Å². The number of fused-ring (bicyclic) bond motifs is 3. The van der Waals surface area contributed by atoms with Crippen LogP contribution in [0.15, 0.2) is 65.1 Å². The molecule has 208 valence electrons. The number of ether oxygens (including phenoxy) is 3. The van der Waals surface area contributed by atoms with Gasteiger partial charge in [-0.15, -0.1) is 0 Å². The number of benzene rings is 3.